The van der Waals surface area contributed by atoms with Crippen molar-refractivity contribution in [2.75, 3.05) is 18.6 Å². The number of ether oxygens (including phenoxy) is 1. The van der Waals surface area contributed by atoms with Gasteiger partial charge in [0, 0.05) is 36.0 Å². The van der Waals surface area contributed by atoms with E-state index in [4.69, 9.17) is 4.74 Å². The highest BCUT2D eigenvalue weighted by atomic mass is 16.5. The van der Waals surface area contributed by atoms with Crippen LogP contribution in [0, 0.1) is 12.8 Å². The third kappa shape index (κ3) is 3.43. The molecule has 0 saturated carbocycles. The van der Waals surface area contributed by atoms with Gasteiger partial charge < -0.3 is 4.74 Å². The zero-order valence-corrected chi connectivity index (χ0v) is 15.5. The summed E-state index contributed by atoms with van der Waals surface area (Å²) in [7, 11) is 1.66. The van der Waals surface area contributed by atoms with Gasteiger partial charge in [0.25, 0.3) is 0 Å². The summed E-state index contributed by atoms with van der Waals surface area (Å²) in [5.74, 6) is 1.66. The molecule has 1 aliphatic rings. The number of nitrogens with one attached hydrogen (secondary N) is 1. The van der Waals surface area contributed by atoms with Gasteiger partial charge in [-0.3, -0.25) is 14.8 Å². The van der Waals surface area contributed by atoms with Gasteiger partial charge in [0.15, 0.2) is 0 Å². The molecule has 138 valence electrons. The summed E-state index contributed by atoms with van der Waals surface area (Å²) in [6.45, 7) is 2.73. The maximum absolute atomic E-state index is 12.9. The van der Waals surface area contributed by atoms with Gasteiger partial charge >= 0.3 is 0 Å². The first-order valence-corrected chi connectivity index (χ1v) is 9.06. The van der Waals surface area contributed by atoms with E-state index in [1.54, 1.807) is 18.2 Å². The van der Waals surface area contributed by atoms with Gasteiger partial charge in [0.1, 0.15) is 11.6 Å². The molecule has 6 heteroatoms. The summed E-state index contributed by atoms with van der Waals surface area (Å²) >= 11 is 0. The Morgan fingerprint density at radius 3 is 2.93 bits per heavy atom. The number of methoxy groups -OCH3 is 1. The number of nitrogens with zero attached hydrogens (tertiary/aromatic N) is 3. The first-order chi connectivity index (χ1) is 13.2. The lowest BCUT2D eigenvalue weighted by Crippen LogP contribution is -2.28. The molecule has 1 amide bonds. The second-order valence-corrected chi connectivity index (χ2v) is 6.88. The van der Waals surface area contributed by atoms with Crippen LogP contribution < -0.4 is 9.64 Å². The van der Waals surface area contributed by atoms with Crippen LogP contribution in [0.15, 0.2) is 48.9 Å². The van der Waals surface area contributed by atoms with Gasteiger partial charge in [-0.2, -0.15) is 5.10 Å². The molecule has 1 saturated heterocycles. The Kier molecular flexibility index (Phi) is 4.62. The number of hydrogen-bond acceptors (Lipinski definition) is 4. The minimum atomic E-state index is -0.0206. The number of aryl methyl sites for hydroxylation is 1. The molecule has 1 atom stereocenters. The Morgan fingerprint density at radius 2 is 2.19 bits per heavy atom. The second kappa shape index (κ2) is 7.23. The van der Waals surface area contributed by atoms with Gasteiger partial charge in [-0.05, 0) is 49.1 Å². The fourth-order valence-corrected chi connectivity index (χ4v) is 3.63. The van der Waals surface area contributed by atoms with E-state index in [0.717, 1.165) is 46.7 Å². The van der Waals surface area contributed by atoms with Gasteiger partial charge in [-0.25, -0.2) is 4.98 Å². The topological polar surface area (TPSA) is 71.1 Å². The molecule has 1 fully saturated rings. The lowest BCUT2D eigenvalue weighted by Gasteiger charge is -2.17. The molecule has 1 aliphatic heterocycles. The summed E-state index contributed by atoms with van der Waals surface area (Å²) in [5.41, 5.74) is 4.21. The van der Waals surface area contributed by atoms with Gasteiger partial charge in [-0.15, -0.1) is 0 Å². The standard InChI is InChI=1S/C21H22N4O2/c1-14-8-20(22-13-19(14)17-11-23-24-12-17)25-7-6-16(21(25)26)9-15-4-3-5-18(10-15)27-2/h3-5,8,10-13,16H,6-7,9H2,1-2H3,(H,23,24). The number of amides is 1. The largest absolute Gasteiger partial charge is 0.497 e. The van der Waals surface area contributed by atoms with Crippen LogP contribution in [-0.4, -0.2) is 34.7 Å². The summed E-state index contributed by atoms with van der Waals surface area (Å²) in [6.07, 6.45) is 6.99. The molecule has 6 nitrogen and oxygen atoms in total. The van der Waals surface area contributed by atoms with Crippen molar-refractivity contribution in [1.82, 2.24) is 15.2 Å². The Hall–Kier alpha value is -3.15. The van der Waals surface area contributed by atoms with E-state index in [0.29, 0.717) is 6.54 Å². The van der Waals surface area contributed by atoms with Crippen molar-refractivity contribution in [1.29, 1.82) is 0 Å². The SMILES string of the molecule is COc1cccc(CC2CCN(c3cc(C)c(-c4cn[nH]c4)cn3)C2=O)c1. The molecule has 0 radical (unpaired) electrons. The summed E-state index contributed by atoms with van der Waals surface area (Å²) in [6, 6.07) is 9.90. The van der Waals surface area contributed by atoms with E-state index < -0.39 is 0 Å². The van der Waals surface area contributed by atoms with Crippen LogP contribution in [0.3, 0.4) is 0 Å². The van der Waals surface area contributed by atoms with Crippen molar-refractivity contribution < 1.29 is 9.53 Å². The minimum Gasteiger partial charge on any atom is -0.497 e. The van der Waals surface area contributed by atoms with Crippen molar-refractivity contribution >= 4 is 11.7 Å². The molecule has 27 heavy (non-hydrogen) atoms. The Bertz CT molecular complexity index is 953. The normalized spacial score (nSPS) is 16.7. The van der Waals surface area contributed by atoms with Crippen LogP contribution in [-0.2, 0) is 11.2 Å². The Balaban J connectivity index is 1.51. The van der Waals surface area contributed by atoms with Crippen LogP contribution >= 0.6 is 0 Å². The molecule has 0 bridgehead atoms. The predicted molar refractivity (Wildman–Crippen MR) is 104 cm³/mol. The number of anilines is 1. The van der Waals surface area contributed by atoms with Crippen molar-refractivity contribution in [3.8, 4) is 16.9 Å². The molecule has 0 spiro atoms. The maximum Gasteiger partial charge on any atom is 0.231 e. The van der Waals surface area contributed by atoms with E-state index in [1.807, 2.05) is 49.6 Å². The van der Waals surface area contributed by atoms with Gasteiger partial charge in [0.05, 0.1) is 13.3 Å². The molecule has 3 aromatic rings. The van der Waals surface area contributed by atoms with Crippen LogP contribution in [0.1, 0.15) is 17.5 Å². The number of H-pyrrole nitrogens is 1. The van der Waals surface area contributed by atoms with E-state index >= 15 is 0 Å². The fourth-order valence-electron chi connectivity index (χ4n) is 3.63. The minimum absolute atomic E-state index is 0.0206. The molecule has 0 aliphatic carbocycles. The number of benzene rings is 1. The highest BCUT2D eigenvalue weighted by molar-refractivity contribution is 5.96. The van der Waals surface area contributed by atoms with Crippen molar-refractivity contribution in [3.63, 3.8) is 0 Å². The average Bonchev–Trinajstić information content (AvgIpc) is 3.33. The molecule has 1 N–H and O–H groups in total. The smallest absolute Gasteiger partial charge is 0.231 e. The Morgan fingerprint density at radius 1 is 1.30 bits per heavy atom. The summed E-state index contributed by atoms with van der Waals surface area (Å²) in [4.78, 5) is 19.3. The van der Waals surface area contributed by atoms with Crippen molar-refractivity contribution in [3.05, 3.63) is 60.0 Å². The number of aromatic amines is 1. The third-order valence-corrected chi connectivity index (χ3v) is 5.11. The molecule has 1 unspecified atom stereocenters. The number of pyridine rings is 1. The predicted octanol–water partition coefficient (Wildman–Crippen LogP) is 3.38. The van der Waals surface area contributed by atoms with Crippen LogP contribution in [0.4, 0.5) is 5.82 Å². The quantitative estimate of drug-likeness (QED) is 0.755. The Labute approximate surface area is 158 Å². The molecule has 1 aromatic carbocycles. The zero-order chi connectivity index (χ0) is 18.8. The van der Waals surface area contributed by atoms with E-state index in [1.165, 1.54) is 0 Å². The zero-order valence-electron chi connectivity index (χ0n) is 15.5. The van der Waals surface area contributed by atoms with Crippen molar-refractivity contribution in [2.45, 2.75) is 19.8 Å². The fraction of sp³-hybridized carbons (Fsp3) is 0.286. The lowest BCUT2D eigenvalue weighted by molar-refractivity contribution is -0.120. The summed E-state index contributed by atoms with van der Waals surface area (Å²) < 4.78 is 5.28. The molecule has 3 heterocycles. The third-order valence-electron chi connectivity index (χ3n) is 5.11. The second-order valence-electron chi connectivity index (χ2n) is 6.88. The number of rotatable bonds is 5. The summed E-state index contributed by atoms with van der Waals surface area (Å²) in [5, 5.41) is 6.81. The highest BCUT2D eigenvalue weighted by Crippen LogP contribution is 2.30. The monoisotopic (exact) mass is 362 g/mol. The van der Waals surface area contributed by atoms with Gasteiger partial charge in [0.2, 0.25) is 5.91 Å². The van der Waals surface area contributed by atoms with Crippen LogP contribution in [0.5, 0.6) is 5.75 Å². The first kappa shape index (κ1) is 17.3. The number of hydrogen-bond donors (Lipinski definition) is 1. The lowest BCUT2D eigenvalue weighted by atomic mass is 9.98. The van der Waals surface area contributed by atoms with E-state index in [2.05, 4.69) is 15.2 Å². The van der Waals surface area contributed by atoms with E-state index in [-0.39, 0.29) is 11.8 Å². The molecular formula is C21H22N4O2. The van der Waals surface area contributed by atoms with Crippen molar-refractivity contribution in [2.24, 2.45) is 5.92 Å². The average molecular weight is 362 g/mol. The number of carbonyl (C=O) groups is 1. The number of aromatic nitrogens is 3. The number of carbonyl (C=O) groups excluding carboxylic acids is 1. The van der Waals surface area contributed by atoms with Crippen LogP contribution in [0.25, 0.3) is 11.1 Å². The molecular weight excluding hydrogens is 340 g/mol. The maximum atomic E-state index is 12.9. The molecule has 2 aromatic heterocycles. The van der Waals surface area contributed by atoms with Crippen LogP contribution in [0.2, 0.25) is 0 Å². The first-order valence-electron chi connectivity index (χ1n) is 9.06. The highest BCUT2D eigenvalue weighted by Gasteiger charge is 2.33. The van der Waals surface area contributed by atoms with Gasteiger partial charge in [-0.1, -0.05) is 12.1 Å². The van der Waals surface area contributed by atoms with E-state index in [9.17, 15) is 4.79 Å². The molecule has 4 rings (SSSR count).